The Hall–Kier alpha value is -1.16. The Bertz CT molecular complexity index is 420. The molecular weight excluding hydrogens is 242 g/mol. The zero-order valence-corrected chi connectivity index (χ0v) is 11.2. The Kier molecular flexibility index (Phi) is 3.46. The minimum absolute atomic E-state index is 0.612. The molecule has 0 saturated heterocycles. The fourth-order valence-corrected chi connectivity index (χ4v) is 3.55. The number of hydrogen-bond acceptors (Lipinski definition) is 2. The highest BCUT2D eigenvalue weighted by atomic mass is 32.1. The van der Waals surface area contributed by atoms with Crippen LogP contribution in [0.5, 0.6) is 0 Å². The van der Waals surface area contributed by atoms with E-state index in [4.69, 9.17) is 12.2 Å². The number of rotatable bonds is 3. The molecule has 2 N–H and O–H groups in total. The predicted molar refractivity (Wildman–Crippen MR) is 76.0 cm³/mol. The molecule has 1 heterocycles. The zero-order chi connectivity index (χ0) is 12.4. The van der Waals surface area contributed by atoms with Crippen molar-refractivity contribution in [3.8, 4) is 0 Å². The van der Waals surface area contributed by atoms with Gasteiger partial charge < -0.3 is 10.6 Å². The maximum absolute atomic E-state index is 5.37. The summed E-state index contributed by atoms with van der Waals surface area (Å²) in [5, 5.41) is 7.56. The van der Waals surface area contributed by atoms with E-state index < -0.39 is 0 Å². The molecule has 2 saturated carbocycles. The van der Waals surface area contributed by atoms with Gasteiger partial charge in [0, 0.05) is 25.0 Å². The van der Waals surface area contributed by atoms with Crippen molar-refractivity contribution in [3.05, 3.63) is 30.1 Å². The highest BCUT2D eigenvalue weighted by Crippen LogP contribution is 2.44. The predicted octanol–water partition coefficient (Wildman–Crippen LogP) is 2.23. The van der Waals surface area contributed by atoms with Crippen molar-refractivity contribution in [2.75, 3.05) is 0 Å². The fourth-order valence-electron chi connectivity index (χ4n) is 3.32. The van der Waals surface area contributed by atoms with Gasteiger partial charge in [0.15, 0.2) is 5.11 Å². The van der Waals surface area contributed by atoms with Gasteiger partial charge in [-0.05, 0) is 61.0 Å². The average molecular weight is 261 g/mol. The molecule has 2 aliphatic rings. The van der Waals surface area contributed by atoms with Crippen LogP contribution >= 0.6 is 12.2 Å². The minimum Gasteiger partial charge on any atom is -0.360 e. The van der Waals surface area contributed by atoms with Gasteiger partial charge >= 0.3 is 0 Å². The molecule has 1 aromatic heterocycles. The normalized spacial score (nSPS) is 29.2. The molecular formula is C14H19N3S. The number of nitrogens with one attached hydrogen (secondary N) is 2. The summed E-state index contributed by atoms with van der Waals surface area (Å²) in [6.07, 6.45) is 9.15. The molecule has 0 radical (unpaired) electrons. The van der Waals surface area contributed by atoms with Gasteiger partial charge in [0.25, 0.3) is 0 Å². The summed E-state index contributed by atoms with van der Waals surface area (Å²) in [4.78, 5) is 4.01. The third-order valence-corrected chi connectivity index (χ3v) is 4.52. The van der Waals surface area contributed by atoms with Crippen molar-refractivity contribution in [1.82, 2.24) is 15.6 Å². The van der Waals surface area contributed by atoms with E-state index in [-0.39, 0.29) is 0 Å². The number of nitrogens with zero attached hydrogens (tertiary/aromatic N) is 1. The number of hydrogen-bond donors (Lipinski definition) is 2. The Balaban J connectivity index is 1.45. The number of aromatic nitrogens is 1. The molecule has 0 aliphatic heterocycles. The lowest BCUT2D eigenvalue weighted by Gasteiger charge is -2.24. The number of thiocarbonyl (C=S) groups is 1. The van der Waals surface area contributed by atoms with Crippen molar-refractivity contribution >= 4 is 17.3 Å². The first kappa shape index (κ1) is 11.9. The van der Waals surface area contributed by atoms with Crippen molar-refractivity contribution in [3.63, 3.8) is 0 Å². The van der Waals surface area contributed by atoms with Crippen LogP contribution in [0, 0.1) is 11.8 Å². The van der Waals surface area contributed by atoms with Crippen LogP contribution in [-0.2, 0) is 6.54 Å². The van der Waals surface area contributed by atoms with Crippen molar-refractivity contribution in [1.29, 1.82) is 0 Å². The van der Waals surface area contributed by atoms with Crippen LogP contribution in [0.2, 0.25) is 0 Å². The summed E-state index contributed by atoms with van der Waals surface area (Å²) in [5.41, 5.74) is 1.21. The Morgan fingerprint density at radius 3 is 2.78 bits per heavy atom. The van der Waals surface area contributed by atoms with Crippen LogP contribution in [-0.4, -0.2) is 16.1 Å². The Morgan fingerprint density at radius 1 is 1.28 bits per heavy atom. The maximum atomic E-state index is 5.37. The van der Waals surface area contributed by atoms with E-state index in [2.05, 4.69) is 15.6 Å². The van der Waals surface area contributed by atoms with E-state index in [1.54, 1.807) is 0 Å². The SMILES string of the molecule is S=C(NCc1ccncc1)N[C@@H]1C[C@@H]2CC[C@@H]1C2. The molecule has 3 rings (SSSR count). The van der Waals surface area contributed by atoms with Crippen LogP contribution in [0.15, 0.2) is 24.5 Å². The average Bonchev–Trinajstić information content (AvgIpc) is 3.00. The summed E-state index contributed by atoms with van der Waals surface area (Å²) in [6.45, 7) is 0.773. The molecule has 3 atom stereocenters. The summed E-state index contributed by atoms with van der Waals surface area (Å²) < 4.78 is 0. The van der Waals surface area contributed by atoms with Crippen molar-refractivity contribution < 1.29 is 0 Å². The quantitative estimate of drug-likeness (QED) is 0.818. The second-order valence-corrected chi connectivity index (χ2v) is 5.87. The highest BCUT2D eigenvalue weighted by molar-refractivity contribution is 7.80. The minimum atomic E-state index is 0.612. The van der Waals surface area contributed by atoms with E-state index in [0.29, 0.717) is 6.04 Å². The summed E-state index contributed by atoms with van der Waals surface area (Å²) in [5.74, 6) is 1.81. The van der Waals surface area contributed by atoms with E-state index in [0.717, 1.165) is 23.5 Å². The Labute approximate surface area is 113 Å². The molecule has 2 aliphatic carbocycles. The first-order valence-corrected chi connectivity index (χ1v) is 7.15. The van der Waals surface area contributed by atoms with Gasteiger partial charge in [0.2, 0.25) is 0 Å². The lowest BCUT2D eigenvalue weighted by molar-refractivity contribution is 0.389. The fraction of sp³-hybridized carbons (Fsp3) is 0.571. The van der Waals surface area contributed by atoms with Gasteiger partial charge in [-0.15, -0.1) is 0 Å². The smallest absolute Gasteiger partial charge is 0.166 e. The van der Waals surface area contributed by atoms with Gasteiger partial charge in [-0.25, -0.2) is 0 Å². The second kappa shape index (κ2) is 5.22. The second-order valence-electron chi connectivity index (χ2n) is 5.46. The van der Waals surface area contributed by atoms with E-state index in [1.165, 1.54) is 31.2 Å². The molecule has 3 nitrogen and oxygen atoms in total. The van der Waals surface area contributed by atoms with E-state index >= 15 is 0 Å². The van der Waals surface area contributed by atoms with E-state index in [9.17, 15) is 0 Å². The van der Waals surface area contributed by atoms with Crippen LogP contribution in [0.4, 0.5) is 0 Å². The molecule has 2 fully saturated rings. The molecule has 0 unspecified atom stereocenters. The lowest BCUT2D eigenvalue weighted by atomic mass is 9.96. The topological polar surface area (TPSA) is 37.0 Å². The van der Waals surface area contributed by atoms with Gasteiger partial charge in [0.05, 0.1) is 0 Å². The first-order chi connectivity index (χ1) is 8.81. The third-order valence-electron chi connectivity index (χ3n) is 4.26. The maximum Gasteiger partial charge on any atom is 0.166 e. The molecule has 0 amide bonds. The number of pyridine rings is 1. The monoisotopic (exact) mass is 261 g/mol. The first-order valence-electron chi connectivity index (χ1n) is 6.74. The third kappa shape index (κ3) is 2.64. The van der Waals surface area contributed by atoms with Crippen molar-refractivity contribution in [2.45, 2.75) is 38.3 Å². The largest absolute Gasteiger partial charge is 0.360 e. The van der Waals surface area contributed by atoms with Gasteiger partial charge in [-0.1, -0.05) is 6.42 Å². The van der Waals surface area contributed by atoms with Crippen LogP contribution in [0.1, 0.15) is 31.2 Å². The number of fused-ring (bicyclic) bond motifs is 2. The van der Waals surface area contributed by atoms with Gasteiger partial charge in [-0.2, -0.15) is 0 Å². The van der Waals surface area contributed by atoms with Crippen molar-refractivity contribution in [2.24, 2.45) is 11.8 Å². The molecule has 0 aromatic carbocycles. The standard InChI is InChI=1S/C14H19N3S/c18-14(16-9-10-3-5-15-6-4-10)17-13-8-11-1-2-12(13)7-11/h3-6,11-13H,1-2,7-9H2,(H2,16,17,18)/t11-,12-,13-/m1/s1. The molecule has 4 heteroatoms. The molecule has 2 bridgehead atoms. The molecule has 0 spiro atoms. The van der Waals surface area contributed by atoms with Crippen LogP contribution in [0.3, 0.4) is 0 Å². The molecule has 96 valence electrons. The summed E-state index contributed by atoms with van der Waals surface area (Å²) in [7, 11) is 0. The van der Waals surface area contributed by atoms with Crippen LogP contribution in [0.25, 0.3) is 0 Å². The lowest BCUT2D eigenvalue weighted by Crippen LogP contribution is -2.43. The highest BCUT2D eigenvalue weighted by Gasteiger charge is 2.39. The van der Waals surface area contributed by atoms with Gasteiger partial charge in [-0.3, -0.25) is 4.98 Å². The van der Waals surface area contributed by atoms with Gasteiger partial charge in [0.1, 0.15) is 0 Å². The van der Waals surface area contributed by atoms with Crippen LogP contribution < -0.4 is 10.6 Å². The zero-order valence-electron chi connectivity index (χ0n) is 10.4. The molecule has 1 aromatic rings. The molecule has 18 heavy (non-hydrogen) atoms. The summed E-state index contributed by atoms with van der Waals surface area (Å²) >= 11 is 5.37. The van der Waals surface area contributed by atoms with E-state index in [1.807, 2.05) is 24.5 Å². The Morgan fingerprint density at radius 2 is 2.11 bits per heavy atom. The summed E-state index contributed by atoms with van der Waals surface area (Å²) in [6, 6.07) is 4.63.